The lowest BCUT2D eigenvalue weighted by atomic mass is 9.33. The molecule has 0 spiro atoms. The summed E-state index contributed by atoms with van der Waals surface area (Å²) in [4.78, 5) is 14.2. The maximum Gasteiger partial charge on any atom is 0.313 e. The number of hydrogen-bond acceptors (Lipinski definition) is 3. The third-order valence-electron chi connectivity index (χ3n) is 14.3. The Bertz CT molecular complexity index is 1170. The van der Waals surface area contributed by atoms with Crippen LogP contribution in [0.4, 0.5) is 0 Å². The molecule has 6 rings (SSSR count). The molecule has 4 unspecified atom stereocenters. The average Bonchev–Trinajstić information content (AvgIpc) is 2.89. The number of benzene rings is 1. The predicted octanol–water partition coefficient (Wildman–Crippen LogP) is 8.75. The minimum atomic E-state index is -0.403. The van der Waals surface area contributed by atoms with Gasteiger partial charge in [0.25, 0.3) is 0 Å². The van der Waals surface area contributed by atoms with Crippen molar-refractivity contribution >= 4 is 5.97 Å². The van der Waals surface area contributed by atoms with Gasteiger partial charge in [-0.15, -0.1) is 0 Å². The number of rotatable bonds is 3. The van der Waals surface area contributed by atoms with E-state index >= 15 is 0 Å². The van der Waals surface area contributed by atoms with E-state index in [1.165, 1.54) is 12.8 Å². The van der Waals surface area contributed by atoms with Gasteiger partial charge in [0.15, 0.2) is 0 Å². The summed E-state index contributed by atoms with van der Waals surface area (Å²) in [5.41, 5.74) is 2.83. The summed E-state index contributed by atoms with van der Waals surface area (Å²) in [6, 6.07) is 10.2. The Kier molecular flexibility index (Phi) is 6.73. The molecule has 0 saturated heterocycles. The van der Waals surface area contributed by atoms with Crippen LogP contribution in [-0.4, -0.2) is 17.2 Å². The summed E-state index contributed by atoms with van der Waals surface area (Å²) in [6.07, 6.45) is 12.0. The number of esters is 1. The van der Waals surface area contributed by atoms with E-state index in [1.807, 2.05) is 18.2 Å². The van der Waals surface area contributed by atoms with Gasteiger partial charge in [-0.3, -0.25) is 4.79 Å². The molecule has 0 aromatic heterocycles. The molecular formula is C37H54O3. The van der Waals surface area contributed by atoms with Gasteiger partial charge in [0, 0.05) is 0 Å². The predicted molar refractivity (Wildman–Crippen MR) is 161 cm³/mol. The Morgan fingerprint density at radius 1 is 0.925 bits per heavy atom. The number of aliphatic hydroxyl groups excluding tert-OH is 1. The van der Waals surface area contributed by atoms with Crippen molar-refractivity contribution in [1.29, 1.82) is 0 Å². The van der Waals surface area contributed by atoms with Crippen molar-refractivity contribution in [3.05, 3.63) is 47.5 Å². The number of aliphatic hydroxyl groups is 1. The monoisotopic (exact) mass is 546 g/mol. The van der Waals surface area contributed by atoms with Gasteiger partial charge in [-0.05, 0) is 115 Å². The Morgan fingerprint density at radius 3 is 2.38 bits per heavy atom. The first-order valence-corrected chi connectivity index (χ1v) is 16.4. The van der Waals surface area contributed by atoms with Crippen molar-refractivity contribution in [2.24, 2.45) is 56.7 Å². The molecule has 40 heavy (non-hydrogen) atoms. The molecule has 5 aliphatic rings. The number of carbonyl (C=O) groups excluding carboxylic acids is 1. The topological polar surface area (TPSA) is 46.5 Å². The van der Waals surface area contributed by atoms with Crippen LogP contribution in [0.25, 0.3) is 0 Å². The van der Waals surface area contributed by atoms with Crippen LogP contribution < -0.4 is 0 Å². The fraction of sp³-hybridized carbons (Fsp3) is 0.757. The molecule has 5 aliphatic carbocycles. The smallest absolute Gasteiger partial charge is 0.313 e. The summed E-state index contributed by atoms with van der Waals surface area (Å²) in [7, 11) is 0. The van der Waals surface area contributed by atoms with Gasteiger partial charge in [-0.2, -0.15) is 0 Å². The summed E-state index contributed by atoms with van der Waals surface area (Å²) >= 11 is 0. The van der Waals surface area contributed by atoms with E-state index in [0.717, 1.165) is 50.5 Å². The van der Waals surface area contributed by atoms with E-state index in [9.17, 15) is 9.90 Å². The number of ether oxygens (including phenoxy) is 1. The van der Waals surface area contributed by atoms with Crippen LogP contribution in [0.1, 0.15) is 112 Å². The van der Waals surface area contributed by atoms with Crippen molar-refractivity contribution in [2.45, 2.75) is 119 Å². The quantitative estimate of drug-likeness (QED) is 0.304. The zero-order valence-electron chi connectivity index (χ0n) is 26.3. The van der Waals surface area contributed by atoms with Crippen LogP contribution in [0, 0.1) is 56.7 Å². The fourth-order valence-corrected chi connectivity index (χ4v) is 12.0. The van der Waals surface area contributed by atoms with Crippen LogP contribution in [0.2, 0.25) is 0 Å². The maximum atomic E-state index is 14.2. The van der Waals surface area contributed by atoms with Gasteiger partial charge in [0.2, 0.25) is 0 Å². The second kappa shape index (κ2) is 9.45. The van der Waals surface area contributed by atoms with Gasteiger partial charge in [0.05, 0.1) is 11.5 Å². The van der Waals surface area contributed by atoms with Crippen LogP contribution in [0.3, 0.4) is 0 Å². The van der Waals surface area contributed by atoms with E-state index < -0.39 is 5.41 Å². The van der Waals surface area contributed by atoms with E-state index in [0.29, 0.717) is 30.3 Å². The van der Waals surface area contributed by atoms with Crippen LogP contribution in [0.5, 0.6) is 0 Å². The first kappa shape index (κ1) is 28.5. The van der Waals surface area contributed by atoms with Gasteiger partial charge in [-0.25, -0.2) is 0 Å². The van der Waals surface area contributed by atoms with E-state index in [2.05, 4.69) is 66.7 Å². The summed E-state index contributed by atoms with van der Waals surface area (Å²) < 4.78 is 6.18. The van der Waals surface area contributed by atoms with Crippen molar-refractivity contribution < 1.29 is 14.6 Å². The van der Waals surface area contributed by atoms with E-state index in [1.54, 1.807) is 5.57 Å². The standard InChI is InChI=1S/C37H54O3/c1-24-15-18-37(32(39)40-23-26-11-9-8-10-12-26)20-19-35(6)28(31(37)25(24)2)13-14-30-34(5)22-27(38)21-33(3,4)29(34)16-17-36(30,35)7/h8-13,24-25,27,29-31,38H,14-23H2,1-7H3/t24-,25+,27-,29?,30?,31?,34+,35?,36-,37+/m1/s1. The maximum absolute atomic E-state index is 14.2. The molecule has 3 nitrogen and oxygen atoms in total. The van der Waals surface area contributed by atoms with Crippen LogP contribution in [-0.2, 0) is 16.1 Å². The molecule has 4 fully saturated rings. The third-order valence-corrected chi connectivity index (χ3v) is 14.3. The summed E-state index contributed by atoms with van der Waals surface area (Å²) in [5, 5.41) is 11.1. The van der Waals surface area contributed by atoms with Crippen molar-refractivity contribution in [1.82, 2.24) is 0 Å². The Hall–Kier alpha value is -1.61. The molecule has 10 atom stereocenters. The van der Waals surface area contributed by atoms with Crippen molar-refractivity contribution in [3.8, 4) is 0 Å². The highest BCUT2D eigenvalue weighted by Gasteiger charge is 2.69. The molecule has 0 amide bonds. The highest BCUT2D eigenvalue weighted by atomic mass is 16.5. The van der Waals surface area contributed by atoms with Gasteiger partial charge < -0.3 is 9.84 Å². The van der Waals surface area contributed by atoms with Gasteiger partial charge in [-0.1, -0.05) is 90.4 Å². The number of fused-ring (bicyclic) bond motifs is 7. The Morgan fingerprint density at radius 2 is 1.65 bits per heavy atom. The molecule has 1 aromatic rings. The van der Waals surface area contributed by atoms with E-state index in [4.69, 9.17) is 4.74 Å². The largest absolute Gasteiger partial charge is 0.460 e. The molecule has 220 valence electrons. The Balaban J connectivity index is 1.38. The van der Waals surface area contributed by atoms with Crippen LogP contribution in [0.15, 0.2) is 42.0 Å². The lowest BCUT2D eigenvalue weighted by molar-refractivity contribution is -0.203. The minimum absolute atomic E-state index is 0.0446. The van der Waals surface area contributed by atoms with Gasteiger partial charge >= 0.3 is 5.97 Å². The van der Waals surface area contributed by atoms with E-state index in [-0.39, 0.29) is 39.7 Å². The molecular weight excluding hydrogens is 492 g/mol. The highest BCUT2D eigenvalue weighted by molar-refractivity contribution is 5.79. The SMILES string of the molecule is C[C@@H]1CC[C@]2(C(=O)OCc3ccccc3)CCC3(C)C(=CCC4[C@@]5(C)C[C@H](O)CC(C)(C)C5CC[C@]43C)C2[C@H]1C. The lowest BCUT2D eigenvalue weighted by Crippen LogP contribution is -2.65. The number of carbonyl (C=O) groups is 1. The second-order valence-electron chi connectivity index (χ2n) is 16.4. The lowest BCUT2D eigenvalue weighted by Gasteiger charge is -2.71. The summed E-state index contributed by atoms with van der Waals surface area (Å²) in [5.74, 6) is 2.60. The zero-order valence-corrected chi connectivity index (χ0v) is 26.3. The molecule has 1 N–H and O–H groups in total. The molecule has 3 heteroatoms. The zero-order chi connectivity index (χ0) is 28.7. The third kappa shape index (κ3) is 3.88. The first-order chi connectivity index (χ1) is 18.8. The van der Waals surface area contributed by atoms with Crippen LogP contribution >= 0.6 is 0 Å². The average molecular weight is 547 g/mol. The molecule has 4 saturated carbocycles. The highest BCUT2D eigenvalue weighted by Crippen LogP contribution is 2.75. The number of hydrogen-bond donors (Lipinski definition) is 1. The second-order valence-corrected chi connectivity index (χ2v) is 16.4. The normalized spacial score (nSPS) is 47.5. The fourth-order valence-electron chi connectivity index (χ4n) is 12.0. The first-order valence-electron chi connectivity index (χ1n) is 16.4. The molecule has 0 heterocycles. The molecule has 0 bridgehead atoms. The Labute approximate surface area is 243 Å². The van der Waals surface area contributed by atoms with Crippen molar-refractivity contribution in [2.75, 3.05) is 0 Å². The minimum Gasteiger partial charge on any atom is -0.460 e. The van der Waals surface area contributed by atoms with Crippen molar-refractivity contribution in [3.63, 3.8) is 0 Å². The molecule has 1 aromatic carbocycles. The van der Waals surface area contributed by atoms with Gasteiger partial charge in [0.1, 0.15) is 6.61 Å². The molecule has 0 aliphatic heterocycles. The summed E-state index contributed by atoms with van der Waals surface area (Å²) in [6.45, 7) is 17.7. The molecule has 0 radical (unpaired) electrons. The number of allylic oxidation sites excluding steroid dienone is 2.